The standard InChI is InChI=1S/C22H15F2N3O3/c1-28-16-6-4-13-9-18(14-3-2-8-25-12-14)27-21(17(13)11-16)26-15-5-7-19-20(10-15)30-22(23,24)29-19/h2-12H,1H3,(H,26,27). The van der Waals surface area contributed by atoms with Crippen molar-refractivity contribution in [1.29, 1.82) is 0 Å². The van der Waals surface area contributed by atoms with E-state index in [-0.39, 0.29) is 11.5 Å². The molecular weight excluding hydrogens is 392 g/mol. The zero-order valence-corrected chi connectivity index (χ0v) is 15.7. The molecule has 0 saturated heterocycles. The van der Waals surface area contributed by atoms with Crippen LogP contribution in [0.15, 0.2) is 67.0 Å². The van der Waals surface area contributed by atoms with Gasteiger partial charge in [0.2, 0.25) is 0 Å². The highest BCUT2D eigenvalue weighted by Crippen LogP contribution is 2.43. The third kappa shape index (κ3) is 3.32. The van der Waals surface area contributed by atoms with Gasteiger partial charge in [-0.2, -0.15) is 0 Å². The SMILES string of the molecule is COc1ccc2cc(-c3cccnc3)nc(Nc3ccc4c(c3)OC(F)(F)O4)c2c1. The van der Waals surface area contributed by atoms with Gasteiger partial charge < -0.3 is 19.5 Å². The molecule has 2 aromatic heterocycles. The first kappa shape index (κ1) is 18.1. The smallest absolute Gasteiger partial charge is 0.497 e. The molecule has 0 bridgehead atoms. The number of fused-ring (bicyclic) bond motifs is 2. The lowest BCUT2D eigenvalue weighted by molar-refractivity contribution is -0.286. The van der Waals surface area contributed by atoms with E-state index in [2.05, 4.69) is 19.8 Å². The monoisotopic (exact) mass is 407 g/mol. The molecule has 30 heavy (non-hydrogen) atoms. The van der Waals surface area contributed by atoms with Crippen LogP contribution in [0.25, 0.3) is 22.0 Å². The maximum absolute atomic E-state index is 13.3. The lowest BCUT2D eigenvalue weighted by Crippen LogP contribution is -2.25. The topological polar surface area (TPSA) is 65.5 Å². The molecule has 4 aromatic rings. The summed E-state index contributed by atoms with van der Waals surface area (Å²) in [5, 5.41) is 4.94. The molecule has 6 nitrogen and oxygen atoms in total. The molecule has 0 fully saturated rings. The van der Waals surface area contributed by atoms with E-state index in [1.165, 1.54) is 12.1 Å². The minimum atomic E-state index is -3.67. The Labute approximate surface area is 170 Å². The fraction of sp³-hybridized carbons (Fsp3) is 0.0909. The summed E-state index contributed by atoms with van der Waals surface area (Å²) < 4.78 is 41.0. The number of alkyl halides is 2. The highest BCUT2D eigenvalue weighted by atomic mass is 19.3. The number of aromatic nitrogens is 2. The summed E-state index contributed by atoms with van der Waals surface area (Å²) in [4.78, 5) is 8.89. The Morgan fingerprint density at radius 2 is 1.87 bits per heavy atom. The van der Waals surface area contributed by atoms with Gasteiger partial charge in [-0.3, -0.25) is 4.98 Å². The van der Waals surface area contributed by atoms with Gasteiger partial charge in [0.25, 0.3) is 0 Å². The van der Waals surface area contributed by atoms with Crippen LogP contribution in [0.3, 0.4) is 0 Å². The quantitative estimate of drug-likeness (QED) is 0.491. The Balaban J connectivity index is 1.60. The highest BCUT2D eigenvalue weighted by molar-refractivity contribution is 5.96. The number of anilines is 2. The van der Waals surface area contributed by atoms with Crippen LogP contribution in [0, 0.1) is 0 Å². The number of ether oxygens (including phenoxy) is 3. The second-order valence-corrected chi connectivity index (χ2v) is 6.64. The van der Waals surface area contributed by atoms with Crippen LogP contribution in [0.5, 0.6) is 17.2 Å². The first-order valence-electron chi connectivity index (χ1n) is 9.07. The lowest BCUT2D eigenvalue weighted by atomic mass is 10.1. The van der Waals surface area contributed by atoms with Crippen LogP contribution in [-0.4, -0.2) is 23.4 Å². The normalized spacial score (nSPS) is 14.0. The van der Waals surface area contributed by atoms with E-state index in [1.807, 2.05) is 36.4 Å². The number of halogens is 2. The Bertz CT molecular complexity index is 1250. The van der Waals surface area contributed by atoms with E-state index in [4.69, 9.17) is 9.72 Å². The fourth-order valence-corrected chi connectivity index (χ4v) is 3.27. The third-order valence-electron chi connectivity index (χ3n) is 4.66. The number of rotatable bonds is 4. The summed E-state index contributed by atoms with van der Waals surface area (Å²) in [5.41, 5.74) is 2.09. The number of nitrogens with zero attached hydrogens (tertiary/aromatic N) is 2. The summed E-state index contributed by atoms with van der Waals surface area (Å²) in [6.45, 7) is 0. The molecule has 0 saturated carbocycles. The molecule has 0 unspecified atom stereocenters. The van der Waals surface area contributed by atoms with Gasteiger partial charge in [-0.1, -0.05) is 6.07 Å². The van der Waals surface area contributed by atoms with Gasteiger partial charge in [-0.15, -0.1) is 8.78 Å². The van der Waals surface area contributed by atoms with E-state index in [1.54, 1.807) is 25.6 Å². The van der Waals surface area contributed by atoms with Gasteiger partial charge in [0, 0.05) is 35.1 Å². The zero-order valence-electron chi connectivity index (χ0n) is 15.7. The second kappa shape index (κ2) is 6.84. The summed E-state index contributed by atoms with van der Waals surface area (Å²) in [6.07, 6.45) is -0.249. The summed E-state index contributed by atoms with van der Waals surface area (Å²) in [7, 11) is 1.59. The van der Waals surface area contributed by atoms with Gasteiger partial charge in [-0.25, -0.2) is 4.98 Å². The molecule has 2 aromatic carbocycles. The van der Waals surface area contributed by atoms with E-state index in [0.717, 1.165) is 22.0 Å². The van der Waals surface area contributed by atoms with Crippen molar-refractivity contribution in [2.45, 2.75) is 6.29 Å². The minimum Gasteiger partial charge on any atom is -0.497 e. The first-order valence-corrected chi connectivity index (χ1v) is 9.07. The van der Waals surface area contributed by atoms with Crippen molar-refractivity contribution < 1.29 is 23.0 Å². The first-order chi connectivity index (χ1) is 14.5. The van der Waals surface area contributed by atoms with Crippen LogP contribution in [0.4, 0.5) is 20.3 Å². The van der Waals surface area contributed by atoms with Crippen LogP contribution < -0.4 is 19.5 Å². The van der Waals surface area contributed by atoms with Crippen molar-refractivity contribution in [2.75, 3.05) is 12.4 Å². The molecule has 1 N–H and O–H groups in total. The molecule has 1 aliphatic heterocycles. The molecule has 5 rings (SSSR count). The average Bonchev–Trinajstić information content (AvgIpc) is 3.07. The molecule has 0 radical (unpaired) electrons. The fourth-order valence-electron chi connectivity index (χ4n) is 3.27. The average molecular weight is 407 g/mol. The van der Waals surface area contributed by atoms with E-state index >= 15 is 0 Å². The third-order valence-corrected chi connectivity index (χ3v) is 4.66. The van der Waals surface area contributed by atoms with Crippen LogP contribution >= 0.6 is 0 Å². The molecular formula is C22H15F2N3O3. The Hall–Kier alpha value is -3.94. The number of pyridine rings is 2. The Kier molecular flexibility index (Phi) is 4.13. The largest absolute Gasteiger partial charge is 0.586 e. The minimum absolute atomic E-state index is 0.0193. The molecule has 0 spiro atoms. The molecule has 3 heterocycles. The van der Waals surface area contributed by atoms with Gasteiger partial charge in [0.1, 0.15) is 11.6 Å². The van der Waals surface area contributed by atoms with Gasteiger partial charge >= 0.3 is 6.29 Å². The van der Waals surface area contributed by atoms with Gasteiger partial charge in [-0.05, 0) is 47.9 Å². The van der Waals surface area contributed by atoms with Crippen LogP contribution in [0.2, 0.25) is 0 Å². The maximum Gasteiger partial charge on any atom is 0.586 e. The predicted octanol–water partition coefficient (Wildman–Crippen LogP) is 5.37. The number of nitrogens with one attached hydrogen (secondary N) is 1. The van der Waals surface area contributed by atoms with Crippen molar-refractivity contribution in [3.63, 3.8) is 0 Å². The number of methoxy groups -OCH3 is 1. The number of hydrogen-bond donors (Lipinski definition) is 1. The number of benzene rings is 2. The van der Waals surface area contributed by atoms with Crippen molar-refractivity contribution in [1.82, 2.24) is 9.97 Å². The maximum atomic E-state index is 13.3. The van der Waals surface area contributed by atoms with E-state index in [0.29, 0.717) is 17.3 Å². The summed E-state index contributed by atoms with van der Waals surface area (Å²) in [5.74, 6) is 1.15. The molecule has 1 aliphatic rings. The van der Waals surface area contributed by atoms with E-state index < -0.39 is 6.29 Å². The molecule has 0 amide bonds. The number of hydrogen-bond acceptors (Lipinski definition) is 6. The second-order valence-electron chi connectivity index (χ2n) is 6.64. The van der Waals surface area contributed by atoms with Gasteiger partial charge in [0.05, 0.1) is 12.8 Å². The van der Waals surface area contributed by atoms with E-state index in [9.17, 15) is 8.78 Å². The van der Waals surface area contributed by atoms with Crippen molar-refractivity contribution in [3.8, 4) is 28.5 Å². The van der Waals surface area contributed by atoms with Crippen molar-refractivity contribution >= 4 is 22.3 Å². The zero-order chi connectivity index (χ0) is 20.7. The Morgan fingerprint density at radius 1 is 1.00 bits per heavy atom. The Morgan fingerprint density at radius 3 is 2.67 bits per heavy atom. The molecule has 150 valence electrons. The molecule has 0 atom stereocenters. The summed E-state index contributed by atoms with van der Waals surface area (Å²) >= 11 is 0. The lowest BCUT2D eigenvalue weighted by Gasteiger charge is -2.13. The molecule has 0 aliphatic carbocycles. The summed E-state index contributed by atoms with van der Waals surface area (Å²) in [6, 6.07) is 15.8. The highest BCUT2D eigenvalue weighted by Gasteiger charge is 2.43. The predicted molar refractivity (Wildman–Crippen MR) is 107 cm³/mol. The molecule has 8 heteroatoms. The van der Waals surface area contributed by atoms with Crippen molar-refractivity contribution in [3.05, 3.63) is 67.0 Å². The van der Waals surface area contributed by atoms with Crippen molar-refractivity contribution in [2.24, 2.45) is 0 Å². The van der Waals surface area contributed by atoms with Crippen LogP contribution in [-0.2, 0) is 0 Å². The van der Waals surface area contributed by atoms with Crippen LogP contribution in [0.1, 0.15) is 0 Å². The van der Waals surface area contributed by atoms with Gasteiger partial charge in [0.15, 0.2) is 11.5 Å².